The second-order valence-electron chi connectivity index (χ2n) is 3.27. The highest BCUT2D eigenvalue weighted by atomic mass is 14.8. The van der Waals surface area contributed by atoms with Gasteiger partial charge in [-0.15, -0.1) is 0 Å². The fraction of sp³-hybridized carbons (Fsp3) is 0.273. The van der Waals surface area contributed by atoms with Crippen LogP contribution in [0, 0.1) is 0 Å². The van der Waals surface area contributed by atoms with Crippen molar-refractivity contribution in [3.05, 3.63) is 36.3 Å². The first-order chi connectivity index (χ1) is 6.90. The van der Waals surface area contributed by atoms with Crippen LogP contribution in [0.3, 0.4) is 0 Å². The molecule has 0 saturated heterocycles. The maximum absolute atomic E-state index is 4.34. The largest absolute Gasteiger partial charge is 0.319 e. The van der Waals surface area contributed by atoms with Crippen LogP contribution in [0.4, 0.5) is 0 Å². The second-order valence-corrected chi connectivity index (χ2v) is 3.27. The van der Waals surface area contributed by atoms with Gasteiger partial charge in [-0.25, -0.2) is 0 Å². The number of hydrogen-bond donors (Lipinski definition) is 1. The minimum atomic E-state index is 0.959. The minimum Gasteiger partial charge on any atom is -0.319 e. The van der Waals surface area contributed by atoms with Crippen LogP contribution in [-0.4, -0.2) is 23.6 Å². The predicted molar refractivity (Wildman–Crippen MR) is 57.2 cm³/mol. The lowest BCUT2D eigenvalue weighted by Crippen LogP contribution is -2.10. The number of pyridine rings is 2. The molecule has 0 radical (unpaired) electrons. The lowest BCUT2D eigenvalue weighted by molar-refractivity contribution is 0.790. The fourth-order valence-electron chi connectivity index (χ4n) is 1.42. The zero-order chi connectivity index (χ0) is 9.80. The Bertz CT molecular complexity index is 426. The average Bonchev–Trinajstić information content (AvgIpc) is 2.26. The first kappa shape index (κ1) is 9.09. The van der Waals surface area contributed by atoms with Gasteiger partial charge in [-0.2, -0.15) is 0 Å². The van der Waals surface area contributed by atoms with Gasteiger partial charge in [-0.1, -0.05) is 0 Å². The van der Waals surface area contributed by atoms with E-state index in [2.05, 4.69) is 21.4 Å². The summed E-state index contributed by atoms with van der Waals surface area (Å²) in [7, 11) is 1.96. The van der Waals surface area contributed by atoms with Gasteiger partial charge in [0.1, 0.15) is 0 Å². The maximum Gasteiger partial charge on any atom is 0.0885 e. The molecule has 72 valence electrons. The molecule has 0 unspecified atom stereocenters. The van der Waals surface area contributed by atoms with E-state index in [0.29, 0.717) is 0 Å². The van der Waals surface area contributed by atoms with E-state index >= 15 is 0 Å². The minimum absolute atomic E-state index is 0.959. The number of rotatable bonds is 3. The maximum atomic E-state index is 4.34. The number of nitrogens with zero attached hydrogens (tertiary/aromatic N) is 2. The molecular weight excluding hydrogens is 174 g/mol. The normalized spacial score (nSPS) is 10.6. The van der Waals surface area contributed by atoms with Crippen LogP contribution in [0.25, 0.3) is 10.9 Å². The van der Waals surface area contributed by atoms with Crippen molar-refractivity contribution in [1.29, 1.82) is 0 Å². The Labute approximate surface area is 83.2 Å². The first-order valence-corrected chi connectivity index (χ1v) is 4.73. The fourth-order valence-corrected chi connectivity index (χ4v) is 1.42. The van der Waals surface area contributed by atoms with E-state index in [4.69, 9.17) is 0 Å². The van der Waals surface area contributed by atoms with Gasteiger partial charge in [0.15, 0.2) is 0 Å². The predicted octanol–water partition coefficient (Wildman–Crippen LogP) is 1.39. The molecule has 0 aliphatic carbocycles. The van der Waals surface area contributed by atoms with Crippen molar-refractivity contribution in [3.63, 3.8) is 0 Å². The van der Waals surface area contributed by atoms with Crippen molar-refractivity contribution in [2.45, 2.75) is 6.42 Å². The Hall–Kier alpha value is -1.48. The quantitative estimate of drug-likeness (QED) is 0.789. The van der Waals surface area contributed by atoms with Crippen LogP contribution >= 0.6 is 0 Å². The molecule has 0 amide bonds. The highest BCUT2D eigenvalue weighted by molar-refractivity contribution is 5.77. The second kappa shape index (κ2) is 4.15. The Kier molecular flexibility index (Phi) is 2.70. The number of fused-ring (bicyclic) bond motifs is 1. The molecule has 0 aromatic carbocycles. The van der Waals surface area contributed by atoms with E-state index in [1.807, 2.05) is 19.3 Å². The lowest BCUT2D eigenvalue weighted by atomic mass is 10.1. The summed E-state index contributed by atoms with van der Waals surface area (Å²) in [5, 5.41) is 4.28. The third-order valence-corrected chi connectivity index (χ3v) is 2.21. The number of nitrogens with one attached hydrogen (secondary N) is 1. The summed E-state index contributed by atoms with van der Waals surface area (Å²) in [6.45, 7) is 0.984. The summed E-state index contributed by atoms with van der Waals surface area (Å²) >= 11 is 0. The number of likely N-dealkylation sites (N-methyl/N-ethyl adjacent to an activating group) is 1. The molecule has 0 saturated carbocycles. The van der Waals surface area contributed by atoms with Crippen LogP contribution in [0.5, 0.6) is 0 Å². The van der Waals surface area contributed by atoms with E-state index in [1.54, 1.807) is 12.4 Å². The van der Waals surface area contributed by atoms with Crippen molar-refractivity contribution in [2.75, 3.05) is 13.6 Å². The van der Waals surface area contributed by atoms with E-state index in [1.165, 1.54) is 5.56 Å². The highest BCUT2D eigenvalue weighted by Crippen LogP contribution is 2.11. The van der Waals surface area contributed by atoms with Gasteiger partial charge >= 0.3 is 0 Å². The van der Waals surface area contributed by atoms with Crippen molar-refractivity contribution in [3.8, 4) is 0 Å². The van der Waals surface area contributed by atoms with Gasteiger partial charge in [0.2, 0.25) is 0 Å². The molecule has 0 fully saturated rings. The molecule has 0 aliphatic heterocycles. The van der Waals surface area contributed by atoms with Gasteiger partial charge in [-0.05, 0) is 37.7 Å². The molecule has 0 bridgehead atoms. The third kappa shape index (κ3) is 1.88. The first-order valence-electron chi connectivity index (χ1n) is 4.73. The SMILES string of the molecule is CNCCc1cnc2cnccc2c1. The summed E-state index contributed by atoms with van der Waals surface area (Å²) in [5.41, 5.74) is 2.22. The van der Waals surface area contributed by atoms with E-state index in [-0.39, 0.29) is 0 Å². The number of aromatic nitrogens is 2. The van der Waals surface area contributed by atoms with Gasteiger partial charge in [0, 0.05) is 17.8 Å². The van der Waals surface area contributed by atoms with E-state index in [0.717, 1.165) is 23.9 Å². The molecule has 14 heavy (non-hydrogen) atoms. The van der Waals surface area contributed by atoms with Crippen molar-refractivity contribution < 1.29 is 0 Å². The van der Waals surface area contributed by atoms with Gasteiger partial charge in [0.05, 0.1) is 11.7 Å². The molecule has 3 nitrogen and oxygen atoms in total. The Morgan fingerprint density at radius 3 is 3.14 bits per heavy atom. The zero-order valence-electron chi connectivity index (χ0n) is 8.20. The summed E-state index contributed by atoms with van der Waals surface area (Å²) < 4.78 is 0. The molecule has 0 aliphatic rings. The standard InChI is InChI=1S/C11H13N3/c1-12-4-2-9-6-10-3-5-13-8-11(10)14-7-9/h3,5-8,12H,2,4H2,1H3. The zero-order valence-corrected chi connectivity index (χ0v) is 8.20. The summed E-state index contributed by atoms with van der Waals surface area (Å²) in [4.78, 5) is 8.37. The van der Waals surface area contributed by atoms with E-state index in [9.17, 15) is 0 Å². The molecule has 2 aromatic rings. The third-order valence-electron chi connectivity index (χ3n) is 2.21. The van der Waals surface area contributed by atoms with Crippen LogP contribution in [0.2, 0.25) is 0 Å². The Morgan fingerprint density at radius 1 is 1.36 bits per heavy atom. The van der Waals surface area contributed by atoms with Crippen LogP contribution < -0.4 is 5.32 Å². The van der Waals surface area contributed by atoms with Crippen molar-refractivity contribution in [2.24, 2.45) is 0 Å². The topological polar surface area (TPSA) is 37.8 Å². The van der Waals surface area contributed by atoms with Gasteiger partial charge in [0.25, 0.3) is 0 Å². The molecular formula is C11H13N3. The van der Waals surface area contributed by atoms with Crippen LogP contribution in [-0.2, 0) is 6.42 Å². The van der Waals surface area contributed by atoms with Crippen molar-refractivity contribution in [1.82, 2.24) is 15.3 Å². The summed E-state index contributed by atoms with van der Waals surface area (Å²) in [5.74, 6) is 0. The summed E-state index contributed by atoms with van der Waals surface area (Å²) in [6.07, 6.45) is 6.52. The highest BCUT2D eigenvalue weighted by Gasteiger charge is 1.96. The molecule has 2 aromatic heterocycles. The van der Waals surface area contributed by atoms with Gasteiger partial charge in [-0.3, -0.25) is 9.97 Å². The molecule has 3 heteroatoms. The van der Waals surface area contributed by atoms with Crippen LogP contribution in [0.1, 0.15) is 5.56 Å². The van der Waals surface area contributed by atoms with Crippen molar-refractivity contribution >= 4 is 10.9 Å². The molecule has 1 N–H and O–H groups in total. The monoisotopic (exact) mass is 187 g/mol. The number of hydrogen-bond acceptors (Lipinski definition) is 3. The summed E-state index contributed by atoms with van der Waals surface area (Å²) in [6, 6.07) is 4.16. The molecule has 0 atom stereocenters. The van der Waals surface area contributed by atoms with Crippen LogP contribution in [0.15, 0.2) is 30.7 Å². The molecule has 2 rings (SSSR count). The Morgan fingerprint density at radius 2 is 2.29 bits per heavy atom. The Balaban J connectivity index is 2.32. The lowest BCUT2D eigenvalue weighted by Gasteiger charge is -2.01. The average molecular weight is 187 g/mol. The molecule has 2 heterocycles. The smallest absolute Gasteiger partial charge is 0.0885 e. The molecule has 0 spiro atoms. The van der Waals surface area contributed by atoms with Gasteiger partial charge < -0.3 is 5.32 Å². The van der Waals surface area contributed by atoms with E-state index < -0.39 is 0 Å².